The molecule has 1 atom stereocenters. The summed E-state index contributed by atoms with van der Waals surface area (Å²) >= 11 is 1.33. The van der Waals surface area contributed by atoms with E-state index in [2.05, 4.69) is 35.7 Å². The molecule has 0 radical (unpaired) electrons. The summed E-state index contributed by atoms with van der Waals surface area (Å²) in [6, 6.07) is 4.83. The predicted octanol–water partition coefficient (Wildman–Crippen LogP) is 3.47. The predicted molar refractivity (Wildman–Crippen MR) is 115 cm³/mol. The highest BCUT2D eigenvalue weighted by Gasteiger charge is 2.10. The number of carbonyl (C=O) groups is 1. The fourth-order valence-corrected chi connectivity index (χ4v) is 3.46. The number of amidine groups is 1. The van der Waals surface area contributed by atoms with Crippen LogP contribution in [0.3, 0.4) is 0 Å². The molecule has 7 nitrogen and oxygen atoms in total. The molecular formula is C20H28N4O3S. The molecule has 0 bridgehead atoms. The van der Waals surface area contributed by atoms with Gasteiger partial charge in [-0.15, -0.1) is 0 Å². The van der Waals surface area contributed by atoms with Crippen LogP contribution in [0.4, 0.5) is 0 Å². The Morgan fingerprint density at radius 2 is 2.07 bits per heavy atom. The van der Waals surface area contributed by atoms with Crippen molar-refractivity contribution >= 4 is 33.8 Å². The van der Waals surface area contributed by atoms with Gasteiger partial charge in [0.25, 0.3) is 5.56 Å². The molecule has 0 amide bonds. The van der Waals surface area contributed by atoms with Gasteiger partial charge in [0.2, 0.25) is 0 Å². The van der Waals surface area contributed by atoms with Crippen LogP contribution in [0.5, 0.6) is 0 Å². The van der Waals surface area contributed by atoms with Crippen molar-refractivity contribution in [2.45, 2.75) is 51.8 Å². The number of rotatable bonds is 8. The second kappa shape index (κ2) is 10.3. The van der Waals surface area contributed by atoms with Crippen LogP contribution in [-0.2, 0) is 10.5 Å². The zero-order valence-corrected chi connectivity index (χ0v) is 17.6. The van der Waals surface area contributed by atoms with Gasteiger partial charge < -0.3 is 15.5 Å². The van der Waals surface area contributed by atoms with Gasteiger partial charge in [0.1, 0.15) is 5.82 Å². The monoisotopic (exact) mass is 404 g/mol. The lowest BCUT2D eigenvalue weighted by Crippen LogP contribution is -2.15. The van der Waals surface area contributed by atoms with E-state index in [9.17, 15) is 9.59 Å². The van der Waals surface area contributed by atoms with Gasteiger partial charge in [-0.3, -0.25) is 9.79 Å². The standard InChI is InChI=1S/C20H28N4O3S/c1-12(2)6-5-7-13(3)22-20(21)28-11-17-23-16-10-14(19(26)27-4)8-9-15(16)18(25)24-17/h8-10,12-13H,5-7,11H2,1-4H3,(H2,21,22)(H,23,24,25)/t13-/m0/s1. The maximum atomic E-state index is 12.3. The number of ether oxygens (including phenoxy) is 1. The Kier molecular flexibility index (Phi) is 8.04. The van der Waals surface area contributed by atoms with Crippen LogP contribution in [0.25, 0.3) is 10.9 Å². The van der Waals surface area contributed by atoms with Crippen molar-refractivity contribution in [1.29, 1.82) is 0 Å². The molecule has 0 unspecified atom stereocenters. The maximum Gasteiger partial charge on any atom is 0.337 e. The number of aliphatic imine (C=N–C) groups is 1. The lowest BCUT2D eigenvalue weighted by molar-refractivity contribution is 0.0601. The smallest absolute Gasteiger partial charge is 0.337 e. The highest BCUT2D eigenvalue weighted by atomic mass is 32.2. The van der Waals surface area contributed by atoms with Crippen LogP contribution in [0, 0.1) is 5.92 Å². The molecule has 0 saturated carbocycles. The average molecular weight is 405 g/mol. The van der Waals surface area contributed by atoms with Crippen LogP contribution >= 0.6 is 11.8 Å². The van der Waals surface area contributed by atoms with Crippen molar-refractivity contribution < 1.29 is 9.53 Å². The molecule has 0 aliphatic heterocycles. The first-order chi connectivity index (χ1) is 13.3. The molecule has 2 aromatic rings. The van der Waals surface area contributed by atoms with Crippen molar-refractivity contribution in [3.05, 3.63) is 39.9 Å². The molecule has 3 N–H and O–H groups in total. The van der Waals surface area contributed by atoms with Crippen molar-refractivity contribution in [3.63, 3.8) is 0 Å². The van der Waals surface area contributed by atoms with Crippen molar-refractivity contribution in [3.8, 4) is 0 Å². The number of esters is 1. The van der Waals surface area contributed by atoms with Gasteiger partial charge in [-0.05, 0) is 37.5 Å². The molecular weight excluding hydrogens is 376 g/mol. The van der Waals surface area contributed by atoms with Gasteiger partial charge in [-0.1, -0.05) is 38.5 Å². The molecule has 0 fully saturated rings. The van der Waals surface area contributed by atoms with Gasteiger partial charge in [-0.2, -0.15) is 0 Å². The number of H-pyrrole nitrogens is 1. The number of nitrogens with one attached hydrogen (secondary N) is 1. The number of hydrogen-bond acceptors (Lipinski definition) is 6. The Labute approximate surface area is 169 Å². The average Bonchev–Trinajstić information content (AvgIpc) is 2.65. The van der Waals surface area contributed by atoms with E-state index < -0.39 is 5.97 Å². The number of thioether (sulfide) groups is 1. The number of nitrogens with zero attached hydrogens (tertiary/aromatic N) is 2. The number of methoxy groups -OCH3 is 1. The van der Waals surface area contributed by atoms with Crippen molar-refractivity contribution in [1.82, 2.24) is 9.97 Å². The van der Waals surface area contributed by atoms with E-state index in [0.717, 1.165) is 12.8 Å². The van der Waals surface area contributed by atoms with Gasteiger partial charge in [0, 0.05) is 6.04 Å². The zero-order chi connectivity index (χ0) is 20.7. The quantitative estimate of drug-likeness (QED) is 0.396. The number of fused-ring (bicyclic) bond motifs is 1. The van der Waals surface area contributed by atoms with E-state index in [1.54, 1.807) is 18.2 Å². The second-order valence-electron chi connectivity index (χ2n) is 7.17. The highest BCUT2D eigenvalue weighted by Crippen LogP contribution is 2.15. The Hall–Kier alpha value is -2.35. The third-order valence-corrected chi connectivity index (χ3v) is 5.10. The fourth-order valence-electron chi connectivity index (χ4n) is 2.78. The number of carbonyl (C=O) groups excluding carboxylic acids is 1. The minimum Gasteiger partial charge on any atom is -0.465 e. The Morgan fingerprint density at radius 3 is 2.75 bits per heavy atom. The maximum absolute atomic E-state index is 12.3. The Morgan fingerprint density at radius 1 is 1.32 bits per heavy atom. The first kappa shape index (κ1) is 21.9. The molecule has 2 rings (SSSR count). The van der Waals surface area contributed by atoms with E-state index in [1.165, 1.54) is 25.3 Å². The molecule has 152 valence electrons. The van der Waals surface area contributed by atoms with Gasteiger partial charge in [0.05, 0.1) is 29.3 Å². The van der Waals surface area contributed by atoms with Crippen LogP contribution < -0.4 is 11.3 Å². The Bertz CT molecular complexity index is 908. The minimum atomic E-state index is -0.470. The van der Waals surface area contributed by atoms with E-state index in [1.807, 2.05) is 0 Å². The van der Waals surface area contributed by atoms with E-state index in [0.29, 0.717) is 39.1 Å². The van der Waals surface area contributed by atoms with Crippen LogP contribution in [-0.4, -0.2) is 34.3 Å². The molecule has 0 saturated heterocycles. The van der Waals surface area contributed by atoms with Gasteiger partial charge >= 0.3 is 5.97 Å². The third-order valence-electron chi connectivity index (χ3n) is 4.28. The van der Waals surface area contributed by atoms with Crippen molar-refractivity contribution in [2.75, 3.05) is 7.11 Å². The molecule has 8 heteroatoms. The number of benzene rings is 1. The third kappa shape index (κ3) is 6.37. The summed E-state index contributed by atoms with van der Waals surface area (Å²) < 4.78 is 4.71. The molecule has 0 spiro atoms. The van der Waals surface area contributed by atoms with Crippen molar-refractivity contribution in [2.24, 2.45) is 16.6 Å². The number of nitrogens with two attached hydrogens (primary N) is 1. The number of aromatic nitrogens is 2. The lowest BCUT2D eigenvalue weighted by atomic mass is 10.0. The first-order valence-electron chi connectivity index (χ1n) is 9.37. The minimum absolute atomic E-state index is 0.164. The van der Waals surface area contributed by atoms with Gasteiger partial charge in [-0.25, -0.2) is 9.78 Å². The number of hydrogen-bond donors (Lipinski definition) is 2. The highest BCUT2D eigenvalue weighted by molar-refractivity contribution is 8.13. The zero-order valence-electron chi connectivity index (χ0n) is 16.8. The number of aromatic amines is 1. The normalized spacial score (nSPS) is 13.1. The summed E-state index contributed by atoms with van der Waals surface area (Å²) in [6.07, 6.45) is 3.31. The molecule has 0 aliphatic carbocycles. The first-order valence-corrected chi connectivity index (χ1v) is 10.4. The van der Waals surface area contributed by atoms with Crippen LogP contribution in [0.1, 0.15) is 56.2 Å². The Balaban J connectivity index is 2.06. The topological polar surface area (TPSA) is 110 Å². The molecule has 1 aromatic heterocycles. The molecule has 1 heterocycles. The summed E-state index contributed by atoms with van der Waals surface area (Å²) in [4.78, 5) is 35.6. The largest absolute Gasteiger partial charge is 0.465 e. The summed E-state index contributed by atoms with van der Waals surface area (Å²) in [5.41, 5.74) is 6.56. The summed E-state index contributed by atoms with van der Waals surface area (Å²) in [5, 5.41) is 0.893. The lowest BCUT2D eigenvalue weighted by Gasteiger charge is -2.09. The van der Waals surface area contributed by atoms with Crippen LogP contribution in [0.15, 0.2) is 28.0 Å². The second-order valence-corrected chi connectivity index (χ2v) is 8.16. The van der Waals surface area contributed by atoms with E-state index in [-0.39, 0.29) is 11.6 Å². The molecule has 0 aliphatic rings. The van der Waals surface area contributed by atoms with E-state index in [4.69, 9.17) is 10.5 Å². The molecule has 28 heavy (non-hydrogen) atoms. The van der Waals surface area contributed by atoms with Crippen LogP contribution in [0.2, 0.25) is 0 Å². The fraction of sp³-hybridized carbons (Fsp3) is 0.500. The summed E-state index contributed by atoms with van der Waals surface area (Å²) in [7, 11) is 1.31. The van der Waals surface area contributed by atoms with Gasteiger partial charge in [0.15, 0.2) is 5.17 Å². The summed E-state index contributed by atoms with van der Waals surface area (Å²) in [5.74, 6) is 1.10. The SMILES string of the molecule is COC(=O)c1ccc2c(=O)[nH]c(CSC(N)=N[C@@H](C)CCCC(C)C)nc2c1. The van der Waals surface area contributed by atoms with E-state index >= 15 is 0 Å². The molecule has 1 aromatic carbocycles. The summed E-state index contributed by atoms with van der Waals surface area (Å²) in [6.45, 7) is 6.48.